The third-order valence-electron chi connectivity index (χ3n) is 3.18. The van der Waals surface area contributed by atoms with Crippen molar-refractivity contribution < 1.29 is 22.4 Å². The maximum atomic E-state index is 9.08. The van der Waals surface area contributed by atoms with Crippen molar-refractivity contribution in [3.05, 3.63) is 42.5 Å². The molecule has 0 unspecified atom stereocenters. The van der Waals surface area contributed by atoms with Crippen LogP contribution in [-0.4, -0.2) is 51.1 Å². The predicted molar refractivity (Wildman–Crippen MR) is 105 cm³/mol. The van der Waals surface area contributed by atoms with Crippen molar-refractivity contribution in [2.45, 2.75) is 12.8 Å². The Hall–Kier alpha value is -1.28. The first kappa shape index (κ1) is 21.8. The van der Waals surface area contributed by atoms with E-state index in [1.165, 1.54) is 29.7 Å². The van der Waals surface area contributed by atoms with Gasteiger partial charge in [0, 0.05) is 18.8 Å². The van der Waals surface area contributed by atoms with Crippen molar-refractivity contribution in [1.29, 1.82) is 0 Å². The van der Waals surface area contributed by atoms with Crippen LogP contribution in [0.15, 0.2) is 42.5 Å². The van der Waals surface area contributed by atoms with Crippen LogP contribution >= 0.6 is 0 Å². The largest absolute Gasteiger partial charge is 0.748 e. The average Bonchev–Trinajstić information content (AvgIpc) is 3.13. The van der Waals surface area contributed by atoms with Crippen LogP contribution in [0.4, 0.5) is 0 Å². The second-order valence-electron chi connectivity index (χ2n) is 5.40. The summed E-state index contributed by atoms with van der Waals surface area (Å²) in [4.78, 5) is 0. The Labute approximate surface area is 154 Å². The standard InChI is InChI=1S/C13H14O2.C4H8S.CH4O3S/c1-14-9-10-15-13-8-4-6-11-5-2-3-7-12(11)13;1-2-4-5-3-1;1-5(2,3)4/h2-8H,9-10H2,1H3;1-4H2;1H3,(H,2,3,4). The quantitative estimate of drug-likeness (QED) is 0.349. The lowest BCUT2D eigenvalue weighted by atomic mass is 10.1. The summed E-state index contributed by atoms with van der Waals surface area (Å²) in [5.41, 5.74) is 0. The van der Waals surface area contributed by atoms with Gasteiger partial charge in [-0.1, -0.05) is 36.4 Å². The van der Waals surface area contributed by atoms with Crippen LogP contribution in [0.25, 0.3) is 10.8 Å². The van der Waals surface area contributed by atoms with E-state index in [0.717, 1.165) is 11.1 Å². The Bertz CT molecular complexity index is 691. The minimum Gasteiger partial charge on any atom is -0.748 e. The van der Waals surface area contributed by atoms with E-state index in [0.29, 0.717) is 19.5 Å². The van der Waals surface area contributed by atoms with Crippen molar-refractivity contribution in [2.75, 3.05) is 38.1 Å². The molecule has 1 heterocycles. The molecular weight excluding hydrogens is 360 g/mol. The third-order valence-corrected chi connectivity index (χ3v) is 4.44. The molecule has 0 N–H and O–H groups in total. The molecule has 0 atom stereocenters. The molecule has 1 aliphatic heterocycles. The minimum atomic E-state index is -3.92. The second-order valence-corrected chi connectivity index (χ2v) is 8.15. The fourth-order valence-electron chi connectivity index (χ4n) is 2.12. The molecule has 0 radical (unpaired) electrons. The van der Waals surface area contributed by atoms with Gasteiger partial charge in [-0.05, 0) is 36.1 Å². The molecular formula is C18H26O5S2. The summed E-state index contributed by atoms with van der Waals surface area (Å²) in [6.45, 7) is 1.20. The fraction of sp³-hybridized carbons (Fsp3) is 0.444. The van der Waals surface area contributed by atoms with E-state index in [9.17, 15) is 0 Å². The SMILES string of the molecule is C1CC[SH+]C1.COCCOc1cccc2ccccc12.CS(=O)(=O)[O-]. The van der Waals surface area contributed by atoms with Gasteiger partial charge in [0.25, 0.3) is 0 Å². The first-order valence-corrected chi connectivity index (χ1v) is 11.1. The Morgan fingerprint density at radius 2 is 1.64 bits per heavy atom. The van der Waals surface area contributed by atoms with E-state index < -0.39 is 10.1 Å². The summed E-state index contributed by atoms with van der Waals surface area (Å²) in [5.74, 6) is 3.87. The van der Waals surface area contributed by atoms with Crippen molar-refractivity contribution in [3.63, 3.8) is 0 Å². The van der Waals surface area contributed by atoms with E-state index in [1.54, 1.807) is 18.9 Å². The highest BCUT2D eigenvalue weighted by Gasteiger charge is 2.04. The van der Waals surface area contributed by atoms with Crippen molar-refractivity contribution in [3.8, 4) is 5.75 Å². The molecule has 0 aliphatic carbocycles. The molecule has 1 saturated heterocycles. The van der Waals surface area contributed by atoms with E-state index in [4.69, 9.17) is 22.4 Å². The van der Waals surface area contributed by atoms with Crippen LogP contribution in [0, 0.1) is 0 Å². The lowest BCUT2D eigenvalue weighted by Gasteiger charge is -2.08. The Morgan fingerprint density at radius 3 is 2.20 bits per heavy atom. The van der Waals surface area contributed by atoms with E-state index in [2.05, 4.69) is 18.2 Å². The van der Waals surface area contributed by atoms with E-state index in [-0.39, 0.29) is 0 Å². The lowest BCUT2D eigenvalue weighted by Crippen LogP contribution is -2.04. The average molecular weight is 387 g/mol. The molecule has 1 aliphatic rings. The topological polar surface area (TPSA) is 75.7 Å². The summed E-state index contributed by atoms with van der Waals surface area (Å²) in [7, 11) is -2.24. The first-order valence-electron chi connectivity index (χ1n) is 8.05. The molecule has 0 amide bonds. The van der Waals surface area contributed by atoms with Gasteiger partial charge in [-0.25, -0.2) is 8.42 Å². The number of benzene rings is 2. The molecule has 0 spiro atoms. The van der Waals surface area contributed by atoms with Gasteiger partial charge in [0.15, 0.2) is 0 Å². The highest BCUT2D eigenvalue weighted by atomic mass is 32.2. The van der Waals surface area contributed by atoms with Gasteiger partial charge >= 0.3 is 0 Å². The monoisotopic (exact) mass is 386 g/mol. The van der Waals surface area contributed by atoms with Gasteiger partial charge in [-0.3, -0.25) is 0 Å². The zero-order chi connectivity index (χ0) is 18.5. The summed E-state index contributed by atoms with van der Waals surface area (Å²) in [6.07, 6.45) is 3.58. The van der Waals surface area contributed by atoms with Crippen molar-refractivity contribution in [2.24, 2.45) is 0 Å². The number of thiol groups is 1. The highest BCUT2D eigenvalue weighted by Crippen LogP contribution is 2.24. The highest BCUT2D eigenvalue weighted by molar-refractivity contribution is 7.84. The zero-order valence-corrected chi connectivity index (χ0v) is 16.4. The molecule has 0 saturated carbocycles. The summed E-state index contributed by atoms with van der Waals surface area (Å²) < 4.78 is 37.8. The van der Waals surface area contributed by atoms with Crippen LogP contribution in [0.3, 0.4) is 0 Å². The fourth-order valence-corrected chi connectivity index (χ4v) is 3.23. The molecule has 2 aromatic rings. The smallest absolute Gasteiger partial charge is 0.127 e. The van der Waals surface area contributed by atoms with Gasteiger partial charge in [0.1, 0.15) is 23.9 Å². The normalized spacial score (nSPS) is 13.4. The van der Waals surface area contributed by atoms with E-state index in [1.807, 2.05) is 24.3 Å². The van der Waals surface area contributed by atoms with Crippen LogP contribution in [0.2, 0.25) is 0 Å². The van der Waals surface area contributed by atoms with Gasteiger partial charge in [-0.2, -0.15) is 0 Å². The molecule has 0 bridgehead atoms. The predicted octanol–water partition coefficient (Wildman–Crippen LogP) is 2.62. The number of rotatable bonds is 4. The van der Waals surface area contributed by atoms with Gasteiger partial charge in [0.05, 0.1) is 16.7 Å². The Kier molecular flexibility index (Phi) is 10.6. The molecule has 3 rings (SSSR count). The Balaban J connectivity index is 0.000000256. The first-order chi connectivity index (χ1) is 11.9. The third kappa shape index (κ3) is 11.0. The molecule has 2 aromatic carbocycles. The maximum absolute atomic E-state index is 9.08. The number of ether oxygens (including phenoxy) is 2. The number of methoxy groups -OCH3 is 1. The second kappa shape index (κ2) is 12.1. The van der Waals surface area contributed by atoms with E-state index >= 15 is 0 Å². The Morgan fingerprint density at radius 1 is 1.04 bits per heavy atom. The number of fused-ring (bicyclic) bond motifs is 1. The number of hydrogen-bond donors (Lipinski definition) is 0. The van der Waals surface area contributed by atoms with Gasteiger partial charge in [0.2, 0.25) is 0 Å². The molecule has 1 fully saturated rings. The molecule has 140 valence electrons. The van der Waals surface area contributed by atoms with Crippen LogP contribution < -0.4 is 4.74 Å². The molecule has 5 nitrogen and oxygen atoms in total. The van der Waals surface area contributed by atoms with Crippen molar-refractivity contribution in [1.82, 2.24) is 0 Å². The lowest BCUT2D eigenvalue weighted by molar-refractivity contribution is 0.147. The van der Waals surface area contributed by atoms with Crippen LogP contribution in [0.5, 0.6) is 5.75 Å². The molecule has 25 heavy (non-hydrogen) atoms. The summed E-state index contributed by atoms with van der Waals surface area (Å²) in [5, 5.41) is 2.35. The molecule has 7 heteroatoms. The number of hydrogen-bond acceptors (Lipinski definition) is 5. The molecule has 0 aromatic heterocycles. The zero-order valence-electron chi connectivity index (χ0n) is 14.7. The summed E-state index contributed by atoms with van der Waals surface area (Å²) in [6, 6.07) is 14.3. The van der Waals surface area contributed by atoms with Crippen molar-refractivity contribution >= 4 is 32.7 Å². The van der Waals surface area contributed by atoms with Crippen LogP contribution in [-0.2, 0) is 26.6 Å². The van der Waals surface area contributed by atoms with Gasteiger partial charge < -0.3 is 14.0 Å². The summed E-state index contributed by atoms with van der Waals surface area (Å²) >= 11 is 1.69. The van der Waals surface area contributed by atoms with Crippen LogP contribution in [0.1, 0.15) is 12.8 Å². The minimum absolute atomic E-state index is 0.588. The van der Waals surface area contributed by atoms with Gasteiger partial charge in [-0.15, -0.1) is 0 Å². The maximum Gasteiger partial charge on any atom is 0.127 e.